The van der Waals surface area contributed by atoms with E-state index >= 15 is 0 Å². The van der Waals surface area contributed by atoms with Crippen molar-refractivity contribution in [2.45, 2.75) is 18.5 Å². The first-order chi connectivity index (χ1) is 6.88. The summed E-state index contributed by atoms with van der Waals surface area (Å²) in [5.41, 5.74) is 5.32. The second-order valence-electron chi connectivity index (χ2n) is 2.79. The summed E-state index contributed by atoms with van der Waals surface area (Å²) in [7, 11) is 0. The molecule has 0 aliphatic carbocycles. The van der Waals surface area contributed by atoms with Crippen LogP contribution in [0.25, 0.3) is 0 Å². The molecule has 0 aliphatic heterocycles. The Kier molecular flexibility index (Phi) is 6.37. The monoisotopic (exact) mass is 252 g/mol. The number of amides is 1. The molecule has 15 heavy (non-hydrogen) atoms. The first-order valence-corrected chi connectivity index (χ1v) is 5.07. The number of carboxylic acid groups (broad SMARTS) is 1. The predicted molar refractivity (Wildman–Crippen MR) is 60.0 cm³/mol. The Balaban J connectivity index is 4.21. The van der Waals surface area contributed by atoms with E-state index in [4.69, 9.17) is 10.8 Å². The van der Waals surface area contributed by atoms with Crippen LogP contribution in [0.2, 0.25) is 0 Å². The molecule has 0 rings (SSSR count). The molecule has 0 aromatic heterocycles. The molecule has 6 nitrogen and oxygen atoms in total. The summed E-state index contributed by atoms with van der Waals surface area (Å²) in [5.74, 6) is -1.97. The number of carbonyl (C=O) groups excluding carboxylic acids is 2. The summed E-state index contributed by atoms with van der Waals surface area (Å²) in [4.78, 5) is 32.3. The van der Waals surface area contributed by atoms with Crippen molar-refractivity contribution in [2.75, 3.05) is 5.75 Å². The van der Waals surface area contributed by atoms with E-state index in [0.29, 0.717) is 0 Å². The van der Waals surface area contributed by atoms with E-state index < -0.39 is 29.1 Å². The molecule has 0 aromatic rings. The molecule has 0 saturated heterocycles. The number of nitrogens with two attached hydrogens (primary N) is 1. The molecule has 4 N–H and O–H groups in total. The van der Waals surface area contributed by atoms with Crippen LogP contribution in [0.15, 0.2) is 0 Å². The highest BCUT2D eigenvalue weighted by Crippen LogP contribution is 1.96. The third-order valence-electron chi connectivity index (χ3n) is 1.53. The first-order valence-electron chi connectivity index (χ1n) is 4.00. The van der Waals surface area contributed by atoms with E-state index in [1.807, 2.05) is 0 Å². The zero-order valence-corrected chi connectivity index (χ0v) is 9.50. The Hall–Kier alpha value is -0.730. The maximum Gasteiger partial charge on any atom is 0.327 e. The molecule has 0 aromatic carbocycles. The second kappa shape index (κ2) is 6.70. The minimum atomic E-state index is -1.21. The molecular formula is C7H12N2O4S2. The van der Waals surface area contributed by atoms with E-state index in [9.17, 15) is 14.4 Å². The number of hydrogen-bond donors (Lipinski definition) is 5. The van der Waals surface area contributed by atoms with Gasteiger partial charge in [-0.25, -0.2) is 4.79 Å². The maximum absolute atomic E-state index is 11.2. The molecule has 1 amide bonds. The van der Waals surface area contributed by atoms with Crippen molar-refractivity contribution in [3.8, 4) is 0 Å². The Morgan fingerprint density at radius 3 is 2.27 bits per heavy atom. The van der Waals surface area contributed by atoms with Gasteiger partial charge in [0.15, 0.2) is 5.12 Å². The van der Waals surface area contributed by atoms with Crippen molar-refractivity contribution in [3.05, 3.63) is 0 Å². The zero-order valence-electron chi connectivity index (χ0n) is 7.71. The molecule has 0 fully saturated rings. The third-order valence-corrected chi connectivity index (χ3v) is 2.08. The predicted octanol–water partition coefficient (Wildman–Crippen LogP) is -1.34. The van der Waals surface area contributed by atoms with Gasteiger partial charge in [0.2, 0.25) is 5.91 Å². The summed E-state index contributed by atoms with van der Waals surface area (Å²) < 4.78 is 0. The Morgan fingerprint density at radius 2 is 1.93 bits per heavy atom. The van der Waals surface area contributed by atoms with Crippen molar-refractivity contribution in [1.82, 2.24) is 5.32 Å². The van der Waals surface area contributed by atoms with Gasteiger partial charge in [-0.1, -0.05) is 0 Å². The van der Waals surface area contributed by atoms with Crippen LogP contribution in [0, 0.1) is 0 Å². The highest BCUT2D eigenvalue weighted by atomic mass is 32.1. The molecular weight excluding hydrogens is 240 g/mol. The molecule has 8 heteroatoms. The fourth-order valence-electron chi connectivity index (χ4n) is 0.745. The van der Waals surface area contributed by atoms with E-state index in [1.54, 1.807) is 0 Å². The van der Waals surface area contributed by atoms with Crippen molar-refractivity contribution < 1.29 is 19.5 Å². The maximum atomic E-state index is 11.2. The molecule has 0 aliphatic rings. The molecule has 86 valence electrons. The largest absolute Gasteiger partial charge is 0.480 e. The quantitative estimate of drug-likeness (QED) is 0.376. The topological polar surface area (TPSA) is 109 Å². The van der Waals surface area contributed by atoms with E-state index in [1.165, 1.54) is 0 Å². The minimum absolute atomic E-state index is 0.0530. The lowest BCUT2D eigenvalue weighted by Crippen LogP contribution is -2.49. The number of carbonyl (C=O) groups is 3. The van der Waals surface area contributed by atoms with Crippen molar-refractivity contribution in [3.63, 3.8) is 0 Å². The molecule has 0 heterocycles. The minimum Gasteiger partial charge on any atom is -0.480 e. The number of nitrogens with one attached hydrogen (secondary N) is 1. The Labute approximate surface area is 97.4 Å². The highest BCUT2D eigenvalue weighted by molar-refractivity contribution is 7.96. The van der Waals surface area contributed by atoms with Crippen molar-refractivity contribution >= 4 is 42.2 Å². The van der Waals surface area contributed by atoms with Gasteiger partial charge in [0.05, 0.1) is 6.04 Å². The molecule has 0 spiro atoms. The van der Waals surface area contributed by atoms with Crippen LogP contribution in [-0.4, -0.2) is 39.9 Å². The molecule has 2 atom stereocenters. The molecule has 0 saturated carbocycles. The van der Waals surface area contributed by atoms with Gasteiger partial charge in [-0.3, -0.25) is 9.59 Å². The van der Waals surface area contributed by atoms with Gasteiger partial charge in [0.1, 0.15) is 6.04 Å². The summed E-state index contributed by atoms with van der Waals surface area (Å²) in [6.07, 6.45) is -0.242. The third kappa shape index (κ3) is 5.65. The molecule has 0 bridgehead atoms. The fourth-order valence-corrected chi connectivity index (χ4v) is 1.19. The van der Waals surface area contributed by atoms with E-state index in [0.717, 1.165) is 0 Å². The number of hydrogen-bond acceptors (Lipinski definition) is 5. The summed E-state index contributed by atoms with van der Waals surface area (Å²) in [6.45, 7) is 0. The van der Waals surface area contributed by atoms with Gasteiger partial charge in [0, 0.05) is 12.2 Å². The van der Waals surface area contributed by atoms with Crippen LogP contribution in [-0.2, 0) is 14.4 Å². The first kappa shape index (κ1) is 14.3. The standard InChI is InChI=1S/C7H12N2O4S2/c8-3(1-5(10)15)6(11)9-4(2-14)7(12)13/h3-4,14H,1-2,8H2,(H,9,11)(H,10,15)(H,12,13). The SMILES string of the molecule is NC(CC(=O)S)C(=O)NC(CS)C(=O)O. The van der Waals surface area contributed by atoms with Crippen LogP contribution in [0.1, 0.15) is 6.42 Å². The zero-order chi connectivity index (χ0) is 12.0. The average Bonchev–Trinajstić information content (AvgIpc) is 2.11. The van der Waals surface area contributed by atoms with Gasteiger partial charge in [-0.15, -0.1) is 12.6 Å². The van der Waals surface area contributed by atoms with Crippen LogP contribution in [0.5, 0.6) is 0 Å². The highest BCUT2D eigenvalue weighted by Gasteiger charge is 2.22. The van der Waals surface area contributed by atoms with Gasteiger partial charge < -0.3 is 16.2 Å². The van der Waals surface area contributed by atoms with Gasteiger partial charge in [-0.05, 0) is 0 Å². The number of aliphatic carboxylic acids is 1. The van der Waals surface area contributed by atoms with Crippen LogP contribution in [0.4, 0.5) is 0 Å². The van der Waals surface area contributed by atoms with E-state index in [2.05, 4.69) is 30.6 Å². The van der Waals surface area contributed by atoms with Crippen LogP contribution >= 0.6 is 25.3 Å². The summed E-state index contributed by atoms with van der Waals surface area (Å²) >= 11 is 7.21. The smallest absolute Gasteiger partial charge is 0.327 e. The van der Waals surface area contributed by atoms with Crippen LogP contribution in [0.3, 0.4) is 0 Å². The van der Waals surface area contributed by atoms with Crippen LogP contribution < -0.4 is 11.1 Å². The molecule has 2 unspecified atom stereocenters. The number of thiol groups is 2. The lowest BCUT2D eigenvalue weighted by atomic mass is 10.2. The lowest BCUT2D eigenvalue weighted by molar-refractivity contribution is -0.141. The summed E-state index contributed by atoms with van der Waals surface area (Å²) in [5, 5.41) is 10.2. The second-order valence-corrected chi connectivity index (χ2v) is 3.65. The number of carboxylic acids is 1. The van der Waals surface area contributed by atoms with Gasteiger partial charge in [0.25, 0.3) is 0 Å². The number of rotatable bonds is 6. The van der Waals surface area contributed by atoms with E-state index in [-0.39, 0.29) is 12.2 Å². The van der Waals surface area contributed by atoms with Crippen molar-refractivity contribution in [1.29, 1.82) is 0 Å². The lowest BCUT2D eigenvalue weighted by Gasteiger charge is -2.15. The Morgan fingerprint density at radius 1 is 1.40 bits per heavy atom. The van der Waals surface area contributed by atoms with Gasteiger partial charge in [-0.2, -0.15) is 12.6 Å². The summed E-state index contributed by atoms with van der Waals surface area (Å²) in [6, 6.07) is -2.20. The fraction of sp³-hybridized carbons (Fsp3) is 0.571. The average molecular weight is 252 g/mol. The Bertz CT molecular complexity index is 272. The molecule has 0 radical (unpaired) electrons. The van der Waals surface area contributed by atoms with Crippen molar-refractivity contribution in [2.24, 2.45) is 5.73 Å². The normalized spacial score (nSPS) is 14.1. The van der Waals surface area contributed by atoms with Gasteiger partial charge >= 0.3 is 5.97 Å².